The van der Waals surface area contributed by atoms with E-state index in [0.29, 0.717) is 11.4 Å². The summed E-state index contributed by atoms with van der Waals surface area (Å²) in [5.41, 5.74) is 8.92. The van der Waals surface area contributed by atoms with Gasteiger partial charge in [-0.05, 0) is 38.5 Å². The van der Waals surface area contributed by atoms with Crippen LogP contribution in [0.15, 0.2) is 23.5 Å². The summed E-state index contributed by atoms with van der Waals surface area (Å²) in [5.74, 6) is 0.596. The van der Waals surface area contributed by atoms with Gasteiger partial charge >= 0.3 is 0 Å². The maximum Gasteiger partial charge on any atom is 0.174 e. The fourth-order valence-electron chi connectivity index (χ4n) is 1.88. The zero-order valence-electron chi connectivity index (χ0n) is 10.5. The van der Waals surface area contributed by atoms with Gasteiger partial charge in [-0.3, -0.25) is 0 Å². The van der Waals surface area contributed by atoms with Gasteiger partial charge in [-0.2, -0.15) is 5.10 Å². The first-order valence-electron chi connectivity index (χ1n) is 5.51. The number of hydrogen-bond donors (Lipinski definition) is 2. The molecule has 0 aliphatic heterocycles. The Bertz CT molecular complexity index is 615. The summed E-state index contributed by atoms with van der Waals surface area (Å²) in [6.07, 6.45) is 1.80. The third-order valence-electron chi connectivity index (χ3n) is 2.63. The van der Waals surface area contributed by atoms with E-state index in [2.05, 4.69) is 15.2 Å². The predicted molar refractivity (Wildman–Crippen MR) is 68.1 cm³/mol. The summed E-state index contributed by atoms with van der Waals surface area (Å²) < 4.78 is 1.63. The van der Waals surface area contributed by atoms with E-state index in [-0.39, 0.29) is 5.84 Å². The Hall–Kier alpha value is -2.37. The number of aromatic nitrogens is 3. The summed E-state index contributed by atoms with van der Waals surface area (Å²) in [6.45, 7) is 5.67. The number of pyridine rings is 1. The van der Waals surface area contributed by atoms with Crippen molar-refractivity contribution < 1.29 is 5.21 Å². The second-order valence-electron chi connectivity index (χ2n) is 4.17. The second-order valence-corrected chi connectivity index (χ2v) is 4.17. The van der Waals surface area contributed by atoms with Gasteiger partial charge in [0.05, 0.1) is 11.3 Å². The van der Waals surface area contributed by atoms with Crippen molar-refractivity contribution in [3.8, 4) is 5.82 Å². The Balaban J connectivity index is 2.72. The summed E-state index contributed by atoms with van der Waals surface area (Å²) in [7, 11) is 0. The maximum absolute atomic E-state index is 8.86. The van der Waals surface area contributed by atoms with Crippen LogP contribution in [-0.2, 0) is 0 Å². The highest BCUT2D eigenvalue weighted by molar-refractivity contribution is 6.01. The van der Waals surface area contributed by atoms with E-state index in [1.807, 2.05) is 32.9 Å². The van der Waals surface area contributed by atoms with Crippen molar-refractivity contribution in [2.24, 2.45) is 10.9 Å². The molecule has 0 saturated heterocycles. The van der Waals surface area contributed by atoms with Gasteiger partial charge in [0.2, 0.25) is 0 Å². The third-order valence-corrected chi connectivity index (χ3v) is 2.63. The van der Waals surface area contributed by atoms with Gasteiger partial charge in [0.1, 0.15) is 0 Å². The van der Waals surface area contributed by atoms with Gasteiger partial charge in [-0.25, -0.2) is 9.67 Å². The first-order valence-corrected chi connectivity index (χ1v) is 5.51. The highest BCUT2D eigenvalue weighted by Gasteiger charge is 2.15. The zero-order valence-corrected chi connectivity index (χ0v) is 10.5. The summed E-state index contributed by atoms with van der Waals surface area (Å²) in [5, 5.41) is 16.2. The first-order chi connectivity index (χ1) is 8.52. The Labute approximate surface area is 105 Å². The van der Waals surface area contributed by atoms with E-state index in [4.69, 9.17) is 10.9 Å². The summed E-state index contributed by atoms with van der Waals surface area (Å²) in [6, 6.07) is 3.75. The topological polar surface area (TPSA) is 89.3 Å². The standard InChI is InChI=1S/C12H15N5O/c1-7-6-9(3)14-12(10(7)11(13)16-18)17-5-4-8(2)15-17/h4-6,18H,1-3H3,(H2,13,16). The largest absolute Gasteiger partial charge is 0.409 e. The molecule has 2 aromatic heterocycles. The van der Waals surface area contributed by atoms with Crippen LogP contribution in [0.3, 0.4) is 0 Å². The fraction of sp³-hybridized carbons (Fsp3) is 0.250. The lowest BCUT2D eigenvalue weighted by Gasteiger charge is -2.11. The lowest BCUT2D eigenvalue weighted by Crippen LogP contribution is -2.20. The van der Waals surface area contributed by atoms with Crippen molar-refractivity contribution in [3.05, 3.63) is 40.8 Å². The molecule has 0 bridgehead atoms. The van der Waals surface area contributed by atoms with Crippen molar-refractivity contribution in [1.29, 1.82) is 0 Å². The first kappa shape index (κ1) is 12.1. The highest BCUT2D eigenvalue weighted by atomic mass is 16.4. The molecule has 0 aliphatic rings. The van der Waals surface area contributed by atoms with Crippen LogP contribution in [0.4, 0.5) is 0 Å². The Kier molecular flexibility index (Phi) is 3.01. The molecule has 2 aromatic rings. The molecule has 2 heterocycles. The number of nitrogens with two attached hydrogens (primary N) is 1. The van der Waals surface area contributed by atoms with Crippen LogP contribution in [0, 0.1) is 20.8 Å². The van der Waals surface area contributed by atoms with Gasteiger partial charge in [0.15, 0.2) is 11.7 Å². The van der Waals surface area contributed by atoms with Gasteiger partial charge in [-0.15, -0.1) is 0 Å². The van der Waals surface area contributed by atoms with Crippen LogP contribution in [0.5, 0.6) is 0 Å². The molecule has 0 spiro atoms. The molecule has 0 fully saturated rings. The molecule has 0 atom stereocenters. The molecule has 0 aromatic carbocycles. The number of amidine groups is 1. The number of aryl methyl sites for hydroxylation is 3. The maximum atomic E-state index is 8.86. The van der Waals surface area contributed by atoms with Gasteiger partial charge in [0, 0.05) is 11.9 Å². The van der Waals surface area contributed by atoms with Crippen molar-refractivity contribution in [2.75, 3.05) is 0 Å². The highest BCUT2D eigenvalue weighted by Crippen LogP contribution is 2.17. The molecular formula is C12H15N5O. The van der Waals surface area contributed by atoms with Crippen LogP contribution < -0.4 is 5.73 Å². The normalized spacial score (nSPS) is 11.8. The number of rotatable bonds is 2. The zero-order chi connectivity index (χ0) is 13.3. The minimum Gasteiger partial charge on any atom is -0.409 e. The Morgan fingerprint density at radius 2 is 2.06 bits per heavy atom. The molecule has 18 heavy (non-hydrogen) atoms. The van der Waals surface area contributed by atoms with E-state index < -0.39 is 0 Å². The van der Waals surface area contributed by atoms with Crippen LogP contribution in [0.2, 0.25) is 0 Å². The summed E-state index contributed by atoms with van der Waals surface area (Å²) in [4.78, 5) is 4.42. The molecular weight excluding hydrogens is 230 g/mol. The summed E-state index contributed by atoms with van der Waals surface area (Å²) >= 11 is 0. The minimum atomic E-state index is 0.0307. The van der Waals surface area contributed by atoms with Crippen LogP contribution in [0.1, 0.15) is 22.5 Å². The van der Waals surface area contributed by atoms with Crippen molar-refractivity contribution in [3.63, 3.8) is 0 Å². The average Bonchev–Trinajstić information content (AvgIpc) is 2.74. The average molecular weight is 245 g/mol. The van der Waals surface area contributed by atoms with E-state index in [9.17, 15) is 0 Å². The monoisotopic (exact) mass is 245 g/mol. The van der Waals surface area contributed by atoms with Crippen molar-refractivity contribution in [1.82, 2.24) is 14.8 Å². The van der Waals surface area contributed by atoms with E-state index >= 15 is 0 Å². The fourth-order valence-corrected chi connectivity index (χ4v) is 1.88. The van der Waals surface area contributed by atoms with Gasteiger partial charge in [0.25, 0.3) is 0 Å². The Morgan fingerprint density at radius 3 is 2.61 bits per heavy atom. The molecule has 0 unspecified atom stereocenters. The second kappa shape index (κ2) is 4.48. The predicted octanol–water partition coefficient (Wildman–Crippen LogP) is 1.29. The molecule has 3 N–H and O–H groups in total. The molecule has 6 nitrogen and oxygen atoms in total. The van der Waals surface area contributed by atoms with E-state index in [1.165, 1.54) is 0 Å². The quantitative estimate of drug-likeness (QED) is 0.361. The molecule has 0 amide bonds. The minimum absolute atomic E-state index is 0.0307. The SMILES string of the molecule is Cc1cc(C)c(C(N)=NO)c(-n2ccc(C)n2)n1. The molecule has 0 aliphatic carbocycles. The van der Waals surface area contributed by atoms with Crippen molar-refractivity contribution in [2.45, 2.75) is 20.8 Å². The van der Waals surface area contributed by atoms with E-state index in [1.54, 1.807) is 10.9 Å². The van der Waals surface area contributed by atoms with Gasteiger partial charge in [-0.1, -0.05) is 5.16 Å². The molecule has 0 saturated carbocycles. The van der Waals surface area contributed by atoms with Gasteiger partial charge < -0.3 is 10.9 Å². The number of oxime groups is 1. The van der Waals surface area contributed by atoms with Crippen LogP contribution >= 0.6 is 0 Å². The molecule has 6 heteroatoms. The molecule has 94 valence electrons. The van der Waals surface area contributed by atoms with E-state index in [0.717, 1.165) is 17.0 Å². The number of nitrogens with zero attached hydrogens (tertiary/aromatic N) is 4. The lowest BCUT2D eigenvalue weighted by atomic mass is 10.1. The molecule has 0 radical (unpaired) electrons. The number of hydrogen-bond acceptors (Lipinski definition) is 4. The Morgan fingerprint density at radius 1 is 1.33 bits per heavy atom. The smallest absolute Gasteiger partial charge is 0.174 e. The van der Waals surface area contributed by atoms with Crippen LogP contribution in [-0.4, -0.2) is 25.8 Å². The third kappa shape index (κ3) is 2.04. The van der Waals surface area contributed by atoms with Crippen LogP contribution in [0.25, 0.3) is 5.82 Å². The molecule has 2 rings (SSSR count). The lowest BCUT2D eigenvalue weighted by molar-refractivity contribution is 0.318. The van der Waals surface area contributed by atoms with Crippen molar-refractivity contribution >= 4 is 5.84 Å².